The average Bonchev–Trinajstić information content (AvgIpc) is 3.77. The Hall–Kier alpha value is -3.74. The minimum Gasteiger partial charge on any atom is -0.493 e. The van der Waals surface area contributed by atoms with Crippen LogP contribution in [0.1, 0.15) is 78.1 Å². The molecule has 270 valence electrons. The number of carbonyl (C=O) groups is 4. The number of hydrogen-bond donors (Lipinski definition) is 1. The zero-order valence-corrected chi connectivity index (χ0v) is 30.1. The molecule has 0 radical (unpaired) electrons. The molecule has 48 heavy (non-hydrogen) atoms. The number of carbonyl (C=O) groups excluding carboxylic acids is 3. The van der Waals surface area contributed by atoms with Gasteiger partial charge in [-0.25, -0.2) is 9.59 Å². The van der Waals surface area contributed by atoms with Crippen LogP contribution in [0.4, 0.5) is 9.59 Å². The third-order valence-electron chi connectivity index (χ3n) is 8.49. The fourth-order valence-electron chi connectivity index (χ4n) is 5.48. The summed E-state index contributed by atoms with van der Waals surface area (Å²) >= 11 is 0. The number of rotatable bonds is 16. The van der Waals surface area contributed by atoms with E-state index in [4.69, 9.17) is 23.7 Å². The predicted molar refractivity (Wildman–Crippen MR) is 178 cm³/mol. The first-order valence-corrected chi connectivity index (χ1v) is 16.7. The van der Waals surface area contributed by atoms with E-state index in [-0.39, 0.29) is 36.4 Å². The van der Waals surface area contributed by atoms with Gasteiger partial charge in [0.25, 0.3) is 5.91 Å². The van der Waals surface area contributed by atoms with Crippen molar-refractivity contribution in [3.8, 4) is 11.5 Å². The normalized spacial score (nSPS) is 18.0. The minimum atomic E-state index is -1.23. The number of benzene rings is 1. The molecule has 13 heteroatoms. The highest BCUT2D eigenvalue weighted by Gasteiger charge is 2.44. The Balaban J connectivity index is 1.85. The van der Waals surface area contributed by atoms with Crippen LogP contribution < -0.4 is 9.47 Å². The molecule has 1 N–H and O–H groups in total. The van der Waals surface area contributed by atoms with Gasteiger partial charge in [-0.05, 0) is 79.5 Å². The molecular weight excluding hydrogens is 622 g/mol. The molecule has 0 bridgehead atoms. The summed E-state index contributed by atoms with van der Waals surface area (Å²) < 4.78 is 27.7. The number of likely N-dealkylation sites (tertiary alicyclic amines) is 1. The molecule has 2 unspecified atom stereocenters. The van der Waals surface area contributed by atoms with Crippen molar-refractivity contribution in [3.63, 3.8) is 0 Å². The number of amides is 3. The zero-order chi connectivity index (χ0) is 35.8. The van der Waals surface area contributed by atoms with Gasteiger partial charge in [-0.2, -0.15) is 0 Å². The number of carboxylic acids is 1. The molecule has 2 atom stereocenters. The van der Waals surface area contributed by atoms with Crippen LogP contribution in [0.2, 0.25) is 0 Å². The molecule has 1 heterocycles. The predicted octanol–water partition coefficient (Wildman–Crippen LogP) is 5.16. The highest BCUT2D eigenvalue weighted by Crippen LogP contribution is 2.34. The summed E-state index contributed by atoms with van der Waals surface area (Å²) in [6.45, 7) is 14.3. The number of hydrogen-bond acceptors (Lipinski definition) is 9. The van der Waals surface area contributed by atoms with Crippen LogP contribution in [0, 0.1) is 17.3 Å². The molecule has 1 aliphatic carbocycles. The maximum absolute atomic E-state index is 14.1. The van der Waals surface area contributed by atoms with E-state index in [1.807, 2.05) is 34.6 Å². The van der Waals surface area contributed by atoms with Gasteiger partial charge in [0.1, 0.15) is 12.2 Å². The van der Waals surface area contributed by atoms with Gasteiger partial charge >= 0.3 is 18.2 Å². The van der Waals surface area contributed by atoms with Crippen LogP contribution in [-0.4, -0.2) is 122 Å². The van der Waals surface area contributed by atoms with E-state index in [9.17, 15) is 24.3 Å². The quantitative estimate of drug-likeness (QED) is 0.233. The monoisotopic (exact) mass is 677 g/mol. The highest BCUT2D eigenvalue weighted by molar-refractivity contribution is 5.95. The topological polar surface area (TPSA) is 144 Å². The maximum Gasteiger partial charge on any atom is 0.410 e. The molecule has 2 fully saturated rings. The molecule has 1 saturated carbocycles. The van der Waals surface area contributed by atoms with Crippen molar-refractivity contribution in [3.05, 3.63) is 23.8 Å². The van der Waals surface area contributed by atoms with Crippen LogP contribution in [0.15, 0.2) is 18.2 Å². The number of nitrogens with zero attached hydrogens (tertiary/aromatic N) is 3. The molecule has 0 spiro atoms. The highest BCUT2D eigenvalue weighted by atomic mass is 16.6. The van der Waals surface area contributed by atoms with Crippen LogP contribution in [0.25, 0.3) is 0 Å². The van der Waals surface area contributed by atoms with Gasteiger partial charge in [-0.15, -0.1) is 0 Å². The molecular formula is C35H55N3O10. The minimum absolute atomic E-state index is 0.0221. The Morgan fingerprint density at radius 2 is 1.60 bits per heavy atom. The molecule has 1 aromatic carbocycles. The van der Waals surface area contributed by atoms with Crippen molar-refractivity contribution in [2.24, 2.45) is 17.3 Å². The molecule has 3 rings (SSSR count). The summed E-state index contributed by atoms with van der Waals surface area (Å²) in [6.07, 6.45) is 1.28. The van der Waals surface area contributed by atoms with Crippen LogP contribution in [-0.2, 0) is 19.0 Å². The fourth-order valence-corrected chi connectivity index (χ4v) is 5.48. The first kappa shape index (κ1) is 38.7. The summed E-state index contributed by atoms with van der Waals surface area (Å²) in [5.41, 5.74) is -1.49. The Kier molecular flexibility index (Phi) is 13.4. The fraction of sp³-hybridized carbons (Fsp3) is 0.714. The van der Waals surface area contributed by atoms with Crippen molar-refractivity contribution in [2.75, 3.05) is 60.2 Å². The molecule has 1 aromatic rings. The number of ether oxygens (including phenoxy) is 5. The van der Waals surface area contributed by atoms with E-state index in [1.165, 1.54) is 13.8 Å². The van der Waals surface area contributed by atoms with Crippen LogP contribution >= 0.6 is 0 Å². The first-order valence-electron chi connectivity index (χ1n) is 16.7. The Bertz CT molecular complexity index is 1270. The maximum atomic E-state index is 14.1. The zero-order valence-electron chi connectivity index (χ0n) is 30.1. The van der Waals surface area contributed by atoms with Gasteiger partial charge in [0, 0.05) is 75.8 Å². The summed E-state index contributed by atoms with van der Waals surface area (Å²) in [5, 5.41) is 9.49. The van der Waals surface area contributed by atoms with E-state index in [1.54, 1.807) is 47.1 Å². The molecule has 2 aliphatic rings. The lowest BCUT2D eigenvalue weighted by Gasteiger charge is -2.33. The number of methoxy groups -OCH3 is 2. The van der Waals surface area contributed by atoms with Crippen molar-refractivity contribution < 1.29 is 48.0 Å². The van der Waals surface area contributed by atoms with Crippen molar-refractivity contribution in [1.82, 2.24) is 14.7 Å². The second-order valence-electron chi connectivity index (χ2n) is 14.6. The van der Waals surface area contributed by atoms with Gasteiger partial charge in [0.05, 0.1) is 19.1 Å². The molecule has 1 saturated heterocycles. The molecule has 0 aromatic heterocycles. The van der Waals surface area contributed by atoms with Crippen molar-refractivity contribution >= 4 is 24.1 Å². The molecule has 13 nitrogen and oxygen atoms in total. The lowest BCUT2D eigenvalue weighted by atomic mass is 9.94. The molecule has 1 aliphatic heterocycles. The summed E-state index contributed by atoms with van der Waals surface area (Å²) in [7, 11) is 3.17. The van der Waals surface area contributed by atoms with Gasteiger partial charge in [-0.1, -0.05) is 0 Å². The summed E-state index contributed by atoms with van der Waals surface area (Å²) in [5.74, 6) is -0.653. The van der Waals surface area contributed by atoms with E-state index >= 15 is 0 Å². The standard InChI is InChI=1S/C35H55N3O10/c1-23(2)37(30(39)24-11-14-28(45-9)29(17-24)46-16-10-15-44-8)20-25-18-36(32(42)48-34(3,4)5)19-26(25)21-38(27-12-13-27)33(43)47-22-35(6,7)31(40)41/h11,14,17,23,25-27H,10,12-13,15-16,18-22H2,1-9H3,(H,40,41). The van der Waals surface area contributed by atoms with Crippen molar-refractivity contribution in [2.45, 2.75) is 85.4 Å². The third kappa shape index (κ3) is 10.9. The third-order valence-corrected chi connectivity index (χ3v) is 8.49. The van der Waals surface area contributed by atoms with Gasteiger partial charge in [-0.3, -0.25) is 9.59 Å². The van der Waals surface area contributed by atoms with Crippen LogP contribution in [0.3, 0.4) is 0 Å². The van der Waals surface area contributed by atoms with Gasteiger partial charge in [0.2, 0.25) is 0 Å². The van der Waals surface area contributed by atoms with Gasteiger partial charge in [0.15, 0.2) is 11.5 Å². The average molecular weight is 678 g/mol. The Morgan fingerprint density at radius 3 is 2.15 bits per heavy atom. The second-order valence-corrected chi connectivity index (χ2v) is 14.6. The lowest BCUT2D eigenvalue weighted by Crippen LogP contribution is -2.45. The smallest absolute Gasteiger partial charge is 0.410 e. The summed E-state index contributed by atoms with van der Waals surface area (Å²) in [4.78, 5) is 57.3. The SMILES string of the molecule is COCCCOc1cc(C(=O)N(CC2CN(C(=O)OC(C)(C)C)CC2CN(C(=O)OCC(C)(C)C(=O)O)C2CC2)C(C)C)ccc1OC. The van der Waals surface area contributed by atoms with Gasteiger partial charge < -0.3 is 43.5 Å². The summed E-state index contributed by atoms with van der Waals surface area (Å²) in [6, 6.07) is 4.91. The second kappa shape index (κ2) is 16.6. The van der Waals surface area contributed by atoms with E-state index in [2.05, 4.69) is 0 Å². The lowest BCUT2D eigenvalue weighted by molar-refractivity contribution is -0.149. The number of carboxylic acid groups (broad SMARTS) is 1. The van der Waals surface area contributed by atoms with E-state index < -0.39 is 29.2 Å². The Labute approximate surface area is 284 Å². The molecule has 3 amide bonds. The van der Waals surface area contributed by atoms with Crippen molar-refractivity contribution in [1.29, 1.82) is 0 Å². The Morgan fingerprint density at radius 1 is 0.958 bits per heavy atom. The van der Waals surface area contributed by atoms with Crippen LogP contribution in [0.5, 0.6) is 11.5 Å². The number of aliphatic carboxylic acids is 1. The first-order chi connectivity index (χ1) is 22.5. The van der Waals surface area contributed by atoms with E-state index in [0.29, 0.717) is 62.9 Å². The van der Waals surface area contributed by atoms with E-state index in [0.717, 1.165) is 12.8 Å². The largest absolute Gasteiger partial charge is 0.493 e.